The van der Waals surface area contributed by atoms with E-state index in [1.807, 2.05) is 0 Å². The lowest BCUT2D eigenvalue weighted by atomic mass is 10.2. The Balaban J connectivity index is 0.000000187. The molecule has 0 aromatic rings. The molecule has 11 heavy (non-hydrogen) atoms. The zero-order valence-electron chi connectivity index (χ0n) is 6.12. The number of hydrogen-bond acceptors (Lipinski definition) is 4. The number of rotatable bonds is 0. The molecule has 0 aliphatic carbocycles. The molecule has 0 spiro atoms. The van der Waals surface area contributed by atoms with E-state index in [0.717, 1.165) is 0 Å². The van der Waals surface area contributed by atoms with Gasteiger partial charge in [0.15, 0.2) is 0 Å². The first-order chi connectivity index (χ1) is 5.00. The molecular formula is C5H12ClNO4. The van der Waals surface area contributed by atoms with Crippen molar-refractivity contribution in [2.45, 2.75) is 19.3 Å². The van der Waals surface area contributed by atoms with Crippen LogP contribution in [-0.4, -0.2) is 13.1 Å². The third-order valence-electron chi connectivity index (χ3n) is 1.32. The lowest BCUT2D eigenvalue weighted by Gasteiger charge is -2.17. The van der Waals surface area contributed by atoms with Crippen molar-refractivity contribution < 1.29 is 34.2 Å². The Labute approximate surface area is 67.4 Å². The van der Waals surface area contributed by atoms with Gasteiger partial charge < -0.3 is 5.32 Å². The first kappa shape index (κ1) is 11.1. The van der Waals surface area contributed by atoms with Gasteiger partial charge in [0.2, 0.25) is 0 Å². The average Bonchev–Trinajstić information content (AvgIpc) is 1.88. The van der Waals surface area contributed by atoms with Crippen LogP contribution in [0.5, 0.6) is 0 Å². The van der Waals surface area contributed by atoms with Crippen LogP contribution in [0, 0.1) is 10.2 Å². The third-order valence-corrected chi connectivity index (χ3v) is 1.32. The summed E-state index contributed by atoms with van der Waals surface area (Å²) >= 11 is 0. The van der Waals surface area contributed by atoms with Gasteiger partial charge in [0, 0.05) is 0 Å². The maximum atomic E-state index is 8.49. The molecule has 0 radical (unpaired) electrons. The summed E-state index contributed by atoms with van der Waals surface area (Å²) in [6.07, 6.45) is 4.36. The SMILES string of the molecule is C1CC[NH2+]CC1.[O-][Cl+3]([O-])([O-])[O-]. The minimum atomic E-state index is -4.94. The minimum absolute atomic E-state index is 1.38. The molecule has 0 amide bonds. The van der Waals surface area contributed by atoms with Crippen LogP contribution in [0.1, 0.15) is 19.3 Å². The lowest BCUT2D eigenvalue weighted by molar-refractivity contribution is -2.00. The van der Waals surface area contributed by atoms with Gasteiger partial charge in [-0.3, -0.25) is 0 Å². The summed E-state index contributed by atoms with van der Waals surface area (Å²) in [5.74, 6) is 0. The van der Waals surface area contributed by atoms with Crippen molar-refractivity contribution in [3.63, 3.8) is 0 Å². The molecule has 1 aliphatic heterocycles. The molecule has 5 nitrogen and oxygen atoms in total. The van der Waals surface area contributed by atoms with Crippen LogP contribution in [0.4, 0.5) is 0 Å². The van der Waals surface area contributed by atoms with Crippen LogP contribution in [0.25, 0.3) is 0 Å². The van der Waals surface area contributed by atoms with Crippen LogP contribution in [0.2, 0.25) is 0 Å². The quantitative estimate of drug-likeness (QED) is 0.408. The fraction of sp³-hybridized carbons (Fsp3) is 1.00. The topological polar surface area (TPSA) is 109 Å². The van der Waals surface area contributed by atoms with E-state index in [9.17, 15) is 0 Å². The van der Waals surface area contributed by atoms with Gasteiger partial charge in [0.1, 0.15) is 0 Å². The third kappa shape index (κ3) is 17.8. The van der Waals surface area contributed by atoms with Gasteiger partial charge in [0.25, 0.3) is 0 Å². The maximum absolute atomic E-state index is 8.49. The Morgan fingerprint density at radius 1 is 0.818 bits per heavy atom. The molecule has 2 N–H and O–H groups in total. The van der Waals surface area contributed by atoms with Gasteiger partial charge >= 0.3 is 0 Å². The molecule has 1 rings (SSSR count). The molecule has 0 atom stereocenters. The highest BCUT2D eigenvalue weighted by Crippen LogP contribution is 1.91. The average molecular weight is 186 g/mol. The predicted octanol–water partition coefficient (Wildman–Crippen LogP) is -5.02. The van der Waals surface area contributed by atoms with Crippen molar-refractivity contribution in [1.29, 1.82) is 0 Å². The molecule has 0 bridgehead atoms. The van der Waals surface area contributed by atoms with Gasteiger partial charge in [-0.15, -0.1) is 10.2 Å². The molecule has 68 valence electrons. The number of quaternary nitrogens is 1. The van der Waals surface area contributed by atoms with Crippen molar-refractivity contribution in [2.24, 2.45) is 0 Å². The molecular weight excluding hydrogens is 174 g/mol. The second kappa shape index (κ2) is 5.70. The lowest BCUT2D eigenvalue weighted by Crippen LogP contribution is -2.85. The van der Waals surface area contributed by atoms with Gasteiger partial charge in [-0.05, 0) is 19.3 Å². The van der Waals surface area contributed by atoms with E-state index in [2.05, 4.69) is 5.32 Å². The summed E-state index contributed by atoms with van der Waals surface area (Å²) in [7, 11) is -4.94. The van der Waals surface area contributed by atoms with Gasteiger partial charge in [0.05, 0.1) is 13.1 Å². The minimum Gasteiger partial charge on any atom is -0.346 e. The second-order valence-corrected chi connectivity index (χ2v) is 3.06. The first-order valence-electron chi connectivity index (χ1n) is 3.43. The highest BCUT2D eigenvalue weighted by molar-refractivity contribution is 4.40. The largest absolute Gasteiger partial charge is 0.346 e. The summed E-state index contributed by atoms with van der Waals surface area (Å²) in [5, 5.41) is 2.39. The van der Waals surface area contributed by atoms with Crippen molar-refractivity contribution >= 4 is 0 Å². The zero-order chi connectivity index (χ0) is 8.74. The fourth-order valence-electron chi connectivity index (χ4n) is 0.898. The smallest absolute Gasteiger partial charge is 0.0755 e. The molecule has 0 unspecified atom stereocenters. The summed E-state index contributed by atoms with van der Waals surface area (Å²) in [5.41, 5.74) is 0. The summed E-state index contributed by atoms with van der Waals surface area (Å²) in [4.78, 5) is 0. The van der Waals surface area contributed by atoms with Gasteiger partial charge in [-0.2, -0.15) is 0 Å². The molecule has 1 heterocycles. The molecule has 1 fully saturated rings. The number of halogens is 1. The summed E-state index contributed by atoms with van der Waals surface area (Å²) in [6.45, 7) is 2.75. The van der Waals surface area contributed by atoms with Crippen molar-refractivity contribution in [2.75, 3.05) is 13.1 Å². The fourth-order valence-corrected chi connectivity index (χ4v) is 0.898. The van der Waals surface area contributed by atoms with Crippen LogP contribution in [0.3, 0.4) is 0 Å². The normalized spacial score (nSPS) is 18.5. The van der Waals surface area contributed by atoms with Crippen LogP contribution in [-0.2, 0) is 0 Å². The standard InChI is InChI=1S/C5H11N.ClHO4/c1-2-4-6-5-3-1;2-1(3,4)5/h6H,1-5H2;(H,2,3,4,5). The summed E-state index contributed by atoms with van der Waals surface area (Å²) in [6, 6.07) is 0. The van der Waals surface area contributed by atoms with Gasteiger partial charge in [-0.25, -0.2) is 18.6 Å². The first-order valence-corrected chi connectivity index (χ1v) is 4.67. The molecule has 6 heteroatoms. The monoisotopic (exact) mass is 185 g/mol. The molecule has 0 saturated carbocycles. The number of nitrogens with two attached hydrogens (primary N) is 1. The van der Waals surface area contributed by atoms with E-state index < -0.39 is 10.2 Å². The zero-order valence-corrected chi connectivity index (χ0v) is 6.88. The Morgan fingerprint density at radius 2 is 1.18 bits per heavy atom. The van der Waals surface area contributed by atoms with Crippen LogP contribution < -0.4 is 24.0 Å². The maximum Gasteiger partial charge on any atom is 0.0755 e. The number of piperidine rings is 1. The van der Waals surface area contributed by atoms with Crippen LogP contribution in [0.15, 0.2) is 0 Å². The Morgan fingerprint density at radius 3 is 1.27 bits per heavy atom. The van der Waals surface area contributed by atoms with Crippen molar-refractivity contribution in [3.05, 3.63) is 0 Å². The van der Waals surface area contributed by atoms with Crippen LogP contribution >= 0.6 is 0 Å². The van der Waals surface area contributed by atoms with Crippen molar-refractivity contribution in [1.82, 2.24) is 0 Å². The van der Waals surface area contributed by atoms with E-state index in [-0.39, 0.29) is 0 Å². The Kier molecular flexibility index (Phi) is 5.75. The Hall–Kier alpha value is 0.0900. The highest BCUT2D eigenvalue weighted by atomic mass is 35.7. The molecule has 0 aromatic carbocycles. The van der Waals surface area contributed by atoms with E-state index in [4.69, 9.17) is 18.6 Å². The molecule has 1 aliphatic rings. The van der Waals surface area contributed by atoms with Gasteiger partial charge in [-0.1, -0.05) is 0 Å². The Bertz CT molecular complexity index is 73.5. The van der Waals surface area contributed by atoms with E-state index in [1.54, 1.807) is 0 Å². The number of hydrogen-bond donors (Lipinski definition) is 1. The second-order valence-electron chi connectivity index (χ2n) is 2.30. The van der Waals surface area contributed by atoms with E-state index >= 15 is 0 Å². The molecule has 0 aromatic heterocycles. The predicted molar refractivity (Wildman–Crippen MR) is 25.5 cm³/mol. The van der Waals surface area contributed by atoms with E-state index in [1.165, 1.54) is 32.4 Å². The van der Waals surface area contributed by atoms with Crippen molar-refractivity contribution in [3.8, 4) is 0 Å². The highest BCUT2D eigenvalue weighted by Gasteiger charge is 1.97. The molecule has 1 saturated heterocycles. The van der Waals surface area contributed by atoms with E-state index in [0.29, 0.717) is 0 Å². The summed E-state index contributed by atoms with van der Waals surface area (Å²) < 4.78 is 34.0.